The number of aryl methyl sites for hydroxylation is 2. The highest BCUT2D eigenvalue weighted by Gasteiger charge is 2.24. The number of carbonyl (C=O) groups excluding carboxylic acids is 2. The summed E-state index contributed by atoms with van der Waals surface area (Å²) in [7, 11) is 0. The zero-order valence-electron chi connectivity index (χ0n) is 15.8. The van der Waals surface area contributed by atoms with Crippen molar-refractivity contribution in [3.8, 4) is 5.75 Å². The van der Waals surface area contributed by atoms with Crippen LogP contribution in [0.1, 0.15) is 37.5 Å². The summed E-state index contributed by atoms with van der Waals surface area (Å²) in [5.74, 6) is 1.91. The van der Waals surface area contributed by atoms with Crippen LogP contribution in [0.3, 0.4) is 0 Å². The van der Waals surface area contributed by atoms with Crippen LogP contribution in [0.25, 0.3) is 11.0 Å². The first-order chi connectivity index (χ1) is 13.2. The molecule has 0 saturated carbocycles. The number of fused-ring (bicyclic) bond motifs is 3. The lowest BCUT2D eigenvalue weighted by Gasteiger charge is -2.34. The van der Waals surface area contributed by atoms with Crippen molar-refractivity contribution in [2.45, 2.75) is 39.0 Å². The third kappa shape index (κ3) is 3.66. The summed E-state index contributed by atoms with van der Waals surface area (Å²) in [6.45, 7) is 4.23. The van der Waals surface area contributed by atoms with E-state index in [1.807, 2.05) is 30.0 Å². The highest BCUT2D eigenvalue weighted by atomic mass is 16.5. The van der Waals surface area contributed by atoms with Gasteiger partial charge in [-0.3, -0.25) is 9.59 Å². The first kappa shape index (κ1) is 17.9. The van der Waals surface area contributed by atoms with E-state index in [0.29, 0.717) is 38.3 Å². The Balaban J connectivity index is 1.36. The fraction of sp³-hybridized carbons (Fsp3) is 0.524. The molecule has 2 amide bonds. The molecule has 27 heavy (non-hydrogen) atoms. The fourth-order valence-electron chi connectivity index (χ4n) is 4.00. The molecule has 4 rings (SSSR count). The summed E-state index contributed by atoms with van der Waals surface area (Å²) in [5, 5.41) is 1.11. The normalized spacial score (nSPS) is 17.1. The lowest BCUT2D eigenvalue weighted by molar-refractivity contribution is -0.140. The predicted octanol–water partition coefficient (Wildman–Crippen LogP) is 2.77. The Kier molecular flexibility index (Phi) is 5.05. The lowest BCUT2D eigenvalue weighted by Crippen LogP contribution is -2.51. The molecule has 1 saturated heterocycles. The number of hydrogen-bond acceptors (Lipinski definition) is 4. The van der Waals surface area contributed by atoms with Gasteiger partial charge in [0.25, 0.3) is 5.91 Å². The van der Waals surface area contributed by atoms with E-state index < -0.39 is 0 Å². The van der Waals surface area contributed by atoms with Gasteiger partial charge in [-0.2, -0.15) is 0 Å². The molecule has 0 atom stereocenters. The number of benzene rings is 1. The minimum Gasteiger partial charge on any atom is -0.484 e. The van der Waals surface area contributed by atoms with E-state index in [0.717, 1.165) is 29.6 Å². The van der Waals surface area contributed by atoms with E-state index in [9.17, 15) is 9.59 Å². The smallest absolute Gasteiger partial charge is 0.260 e. The van der Waals surface area contributed by atoms with Crippen LogP contribution in [-0.4, -0.2) is 54.4 Å². The van der Waals surface area contributed by atoms with Crippen molar-refractivity contribution >= 4 is 22.8 Å². The van der Waals surface area contributed by atoms with Crippen LogP contribution in [0, 0.1) is 0 Å². The van der Waals surface area contributed by atoms with Crippen molar-refractivity contribution < 1.29 is 18.7 Å². The maximum Gasteiger partial charge on any atom is 0.260 e. The summed E-state index contributed by atoms with van der Waals surface area (Å²) in [5.41, 5.74) is 2.20. The fourth-order valence-corrected chi connectivity index (χ4v) is 4.00. The summed E-state index contributed by atoms with van der Waals surface area (Å²) >= 11 is 0. The van der Waals surface area contributed by atoms with Gasteiger partial charge in [0.2, 0.25) is 5.91 Å². The van der Waals surface area contributed by atoms with Gasteiger partial charge in [-0.05, 0) is 37.5 Å². The Bertz CT molecular complexity index is 849. The zero-order chi connectivity index (χ0) is 18.8. The van der Waals surface area contributed by atoms with Crippen LogP contribution in [-0.2, 0) is 22.4 Å². The van der Waals surface area contributed by atoms with Crippen molar-refractivity contribution in [3.63, 3.8) is 0 Å². The molecule has 1 aromatic carbocycles. The highest BCUT2D eigenvalue weighted by Crippen LogP contribution is 2.33. The summed E-state index contributed by atoms with van der Waals surface area (Å²) in [6, 6.07) is 5.79. The second-order valence-electron chi connectivity index (χ2n) is 7.27. The number of amides is 2. The Hall–Kier alpha value is -2.50. The molecule has 6 heteroatoms. The molecule has 1 fully saturated rings. The number of piperazine rings is 1. The second kappa shape index (κ2) is 7.62. The monoisotopic (exact) mass is 370 g/mol. The quantitative estimate of drug-likeness (QED) is 0.830. The van der Waals surface area contributed by atoms with Gasteiger partial charge in [-0.1, -0.05) is 6.92 Å². The number of carbonyl (C=O) groups is 2. The topological polar surface area (TPSA) is 63.0 Å². The first-order valence-electron chi connectivity index (χ1n) is 9.88. The van der Waals surface area contributed by atoms with Crippen LogP contribution < -0.4 is 4.74 Å². The van der Waals surface area contributed by atoms with Crippen LogP contribution in [0.2, 0.25) is 0 Å². The molecule has 144 valence electrons. The lowest BCUT2D eigenvalue weighted by atomic mass is 9.96. The average Bonchev–Trinajstić information content (AvgIpc) is 3.09. The Morgan fingerprint density at radius 1 is 1.04 bits per heavy atom. The summed E-state index contributed by atoms with van der Waals surface area (Å²) in [4.78, 5) is 27.8. The molecular formula is C21H26N2O4. The van der Waals surface area contributed by atoms with Gasteiger partial charge in [0.05, 0.1) is 0 Å². The molecular weight excluding hydrogens is 344 g/mol. The number of ether oxygens (including phenoxy) is 1. The predicted molar refractivity (Wildman–Crippen MR) is 102 cm³/mol. The van der Waals surface area contributed by atoms with Crippen LogP contribution in [0.4, 0.5) is 0 Å². The average molecular weight is 370 g/mol. The molecule has 1 aromatic heterocycles. The Morgan fingerprint density at radius 2 is 1.74 bits per heavy atom. The molecule has 6 nitrogen and oxygen atoms in total. The molecule has 2 aromatic rings. The van der Waals surface area contributed by atoms with Gasteiger partial charge in [-0.25, -0.2) is 0 Å². The number of rotatable bonds is 4. The SMILES string of the molecule is CCC(=O)N1CCN(C(=O)COc2ccc3oc4c(c3c2)CCCC4)CC1. The highest BCUT2D eigenvalue weighted by molar-refractivity contribution is 5.84. The van der Waals surface area contributed by atoms with E-state index >= 15 is 0 Å². The van der Waals surface area contributed by atoms with Gasteiger partial charge in [0.1, 0.15) is 17.1 Å². The Labute approximate surface area is 159 Å². The first-order valence-corrected chi connectivity index (χ1v) is 9.88. The van der Waals surface area contributed by atoms with Crippen molar-refractivity contribution in [2.75, 3.05) is 32.8 Å². The zero-order valence-corrected chi connectivity index (χ0v) is 15.8. The standard InChI is InChI=1S/C21H26N2O4/c1-2-20(24)22-9-11-23(12-10-22)21(25)14-26-15-7-8-19-17(13-15)16-5-3-4-6-18(16)27-19/h7-8,13H,2-6,9-12,14H2,1H3. The minimum atomic E-state index is -0.0343. The van der Waals surface area contributed by atoms with E-state index in [1.54, 1.807) is 4.90 Å². The van der Waals surface area contributed by atoms with Crippen LogP contribution in [0.15, 0.2) is 22.6 Å². The maximum absolute atomic E-state index is 12.4. The molecule has 0 bridgehead atoms. The van der Waals surface area contributed by atoms with Gasteiger partial charge in [0, 0.05) is 50.0 Å². The molecule has 1 aliphatic heterocycles. The molecule has 0 unspecified atom stereocenters. The third-order valence-electron chi connectivity index (χ3n) is 5.58. The van der Waals surface area contributed by atoms with Gasteiger partial charge in [0.15, 0.2) is 6.61 Å². The van der Waals surface area contributed by atoms with Crippen molar-refractivity contribution in [3.05, 3.63) is 29.5 Å². The van der Waals surface area contributed by atoms with E-state index in [4.69, 9.17) is 9.15 Å². The van der Waals surface area contributed by atoms with E-state index in [1.165, 1.54) is 18.4 Å². The molecule has 0 radical (unpaired) electrons. The van der Waals surface area contributed by atoms with Gasteiger partial charge in [-0.15, -0.1) is 0 Å². The van der Waals surface area contributed by atoms with Crippen molar-refractivity contribution in [2.24, 2.45) is 0 Å². The summed E-state index contributed by atoms with van der Waals surface area (Å²) < 4.78 is 11.7. The minimum absolute atomic E-state index is 0.0211. The number of furan rings is 1. The van der Waals surface area contributed by atoms with Crippen molar-refractivity contribution in [1.29, 1.82) is 0 Å². The second-order valence-corrected chi connectivity index (χ2v) is 7.27. The molecule has 0 N–H and O–H groups in total. The van der Waals surface area contributed by atoms with E-state index in [-0.39, 0.29) is 18.4 Å². The summed E-state index contributed by atoms with van der Waals surface area (Å²) in [6.07, 6.45) is 4.94. The van der Waals surface area contributed by atoms with Crippen molar-refractivity contribution in [1.82, 2.24) is 9.80 Å². The molecule has 0 spiro atoms. The largest absolute Gasteiger partial charge is 0.484 e. The van der Waals surface area contributed by atoms with Gasteiger partial charge < -0.3 is 19.0 Å². The Morgan fingerprint density at radius 3 is 2.48 bits per heavy atom. The third-order valence-corrected chi connectivity index (χ3v) is 5.58. The maximum atomic E-state index is 12.4. The van der Waals surface area contributed by atoms with Crippen LogP contribution >= 0.6 is 0 Å². The molecule has 2 aliphatic rings. The molecule has 2 heterocycles. The number of hydrogen-bond donors (Lipinski definition) is 0. The van der Waals surface area contributed by atoms with Crippen LogP contribution in [0.5, 0.6) is 5.75 Å². The number of nitrogens with zero attached hydrogens (tertiary/aromatic N) is 2. The van der Waals surface area contributed by atoms with E-state index in [2.05, 4.69) is 0 Å². The van der Waals surface area contributed by atoms with Gasteiger partial charge >= 0.3 is 0 Å². The molecule has 1 aliphatic carbocycles.